The summed E-state index contributed by atoms with van der Waals surface area (Å²) < 4.78 is 35.3. The Kier molecular flexibility index (Phi) is 13.7. The Bertz CT molecular complexity index is 1280. The summed E-state index contributed by atoms with van der Waals surface area (Å²) in [4.78, 5) is 16.7. The van der Waals surface area contributed by atoms with Gasteiger partial charge >= 0.3 is 0 Å². The number of piperazine rings is 1. The molecule has 0 spiro atoms. The molecule has 1 aliphatic rings. The standard InChI is InChI=1S/C32H50N4O5S2/c1-7-42(29-15-13-28(41-6)14-16-29)35(22-25(2)3)23-31(37)30(21-27-11-9-8-10-12-27)33-32(38)26(4)24-43(39,40)36-19-17-34(5)18-20-36/h7-16,25-26,30-31,37H,17-24H2,1-6H3,(H,33,38)/t26-,30+,31-,42?/m1/s1. The lowest BCUT2D eigenvalue weighted by atomic mass is 10.00. The molecule has 240 valence electrons. The highest BCUT2D eigenvalue weighted by Crippen LogP contribution is 2.33. The summed E-state index contributed by atoms with van der Waals surface area (Å²) in [5.74, 6) is -0.262. The normalized spacial score (nSPS) is 18.0. The van der Waals surface area contributed by atoms with E-state index in [2.05, 4.69) is 33.7 Å². The third-order valence-electron chi connectivity index (χ3n) is 7.62. The number of ether oxygens (including phenoxy) is 1. The lowest BCUT2D eigenvalue weighted by molar-refractivity contribution is -0.125. The second-order valence-corrected chi connectivity index (χ2v) is 15.8. The zero-order valence-corrected chi connectivity index (χ0v) is 28.1. The molecule has 11 heteroatoms. The van der Waals surface area contributed by atoms with Gasteiger partial charge in [0.15, 0.2) is 0 Å². The van der Waals surface area contributed by atoms with E-state index in [1.807, 2.05) is 68.6 Å². The van der Waals surface area contributed by atoms with E-state index >= 15 is 0 Å². The number of aliphatic hydroxyl groups is 1. The Morgan fingerprint density at radius 1 is 1.05 bits per heavy atom. The number of hydrogen-bond donors (Lipinski definition) is 2. The Balaban J connectivity index is 1.79. The van der Waals surface area contributed by atoms with Gasteiger partial charge in [0.25, 0.3) is 0 Å². The molecule has 1 unspecified atom stereocenters. The van der Waals surface area contributed by atoms with E-state index in [1.54, 1.807) is 14.0 Å². The molecule has 2 N–H and O–H groups in total. The van der Waals surface area contributed by atoms with Gasteiger partial charge < -0.3 is 20.1 Å². The topological polar surface area (TPSA) is 102 Å². The fraction of sp³-hybridized carbons (Fsp3) is 0.562. The molecular weight excluding hydrogens is 585 g/mol. The van der Waals surface area contributed by atoms with Gasteiger partial charge in [-0.15, -0.1) is 0 Å². The van der Waals surface area contributed by atoms with Crippen LogP contribution in [-0.4, -0.2) is 110 Å². The molecule has 0 aliphatic carbocycles. The third-order valence-corrected chi connectivity index (χ3v) is 11.7. The molecular formula is C32H50N4O5S2. The maximum absolute atomic E-state index is 13.5. The van der Waals surface area contributed by atoms with E-state index in [-0.39, 0.29) is 11.7 Å². The number of carbonyl (C=O) groups is 1. The first-order valence-electron chi connectivity index (χ1n) is 15.0. The quantitative estimate of drug-likeness (QED) is 0.290. The molecule has 1 saturated heterocycles. The van der Waals surface area contributed by atoms with Gasteiger partial charge in [-0.25, -0.2) is 12.7 Å². The maximum Gasteiger partial charge on any atom is 0.224 e. The Morgan fingerprint density at radius 3 is 2.23 bits per heavy atom. The van der Waals surface area contributed by atoms with Crippen molar-refractivity contribution in [2.24, 2.45) is 11.8 Å². The summed E-state index contributed by atoms with van der Waals surface area (Å²) in [7, 11) is -0.365. The summed E-state index contributed by atoms with van der Waals surface area (Å²) in [6.45, 7) is 11.3. The number of carbonyl (C=O) groups excluding carboxylic acids is 1. The van der Waals surface area contributed by atoms with Crippen LogP contribution in [0.1, 0.15) is 33.3 Å². The summed E-state index contributed by atoms with van der Waals surface area (Å²) in [6, 6.07) is 17.1. The average Bonchev–Trinajstić information content (AvgIpc) is 2.97. The molecule has 0 bridgehead atoms. The summed E-state index contributed by atoms with van der Waals surface area (Å²) in [5.41, 5.74) is 0.983. The van der Waals surface area contributed by atoms with Crippen molar-refractivity contribution in [2.45, 2.75) is 51.2 Å². The SMILES string of the molecule is C/C=S(\c1ccc(OC)cc1)N(CC(C)C)C[C@@H](O)[C@H](Cc1ccccc1)NC(=O)[C@H](C)CS(=O)(=O)N1CCN(C)CC1. The molecule has 1 aliphatic heterocycles. The predicted octanol–water partition coefficient (Wildman–Crippen LogP) is 3.32. The molecule has 0 saturated carbocycles. The number of nitrogens with zero attached hydrogens (tertiary/aromatic N) is 3. The van der Waals surface area contributed by atoms with Crippen LogP contribution in [0.5, 0.6) is 5.75 Å². The molecule has 1 heterocycles. The van der Waals surface area contributed by atoms with Gasteiger partial charge in [-0.3, -0.25) is 4.79 Å². The fourth-order valence-electron chi connectivity index (χ4n) is 5.17. The molecule has 9 nitrogen and oxygen atoms in total. The number of aliphatic hydroxyl groups excluding tert-OH is 1. The molecule has 2 aromatic carbocycles. The second kappa shape index (κ2) is 16.7. The van der Waals surface area contributed by atoms with Crippen molar-refractivity contribution in [2.75, 3.05) is 59.2 Å². The van der Waals surface area contributed by atoms with Gasteiger partial charge in [0.05, 0.1) is 30.9 Å². The molecule has 0 aromatic heterocycles. The average molecular weight is 635 g/mol. The highest BCUT2D eigenvalue weighted by atomic mass is 32.2. The largest absolute Gasteiger partial charge is 0.497 e. The van der Waals surface area contributed by atoms with Crippen LogP contribution in [0.4, 0.5) is 0 Å². The zero-order valence-electron chi connectivity index (χ0n) is 26.5. The minimum absolute atomic E-state index is 0.262. The van der Waals surface area contributed by atoms with Crippen molar-refractivity contribution < 1.29 is 23.1 Å². The smallest absolute Gasteiger partial charge is 0.224 e. The monoisotopic (exact) mass is 634 g/mol. The summed E-state index contributed by atoms with van der Waals surface area (Å²) >= 11 is 0. The Morgan fingerprint density at radius 2 is 1.67 bits per heavy atom. The van der Waals surface area contributed by atoms with Crippen molar-refractivity contribution in [1.82, 2.24) is 18.8 Å². The number of hydrogen-bond acceptors (Lipinski definition) is 7. The van der Waals surface area contributed by atoms with Crippen LogP contribution in [0, 0.1) is 11.8 Å². The lowest BCUT2D eigenvalue weighted by Gasteiger charge is -2.34. The minimum atomic E-state index is -3.59. The molecule has 43 heavy (non-hydrogen) atoms. The number of amides is 1. The molecule has 4 atom stereocenters. The van der Waals surface area contributed by atoms with Crippen molar-refractivity contribution in [1.29, 1.82) is 0 Å². The molecule has 1 fully saturated rings. The lowest BCUT2D eigenvalue weighted by Crippen LogP contribution is -2.52. The van der Waals surface area contributed by atoms with E-state index in [1.165, 1.54) is 4.31 Å². The van der Waals surface area contributed by atoms with Crippen LogP contribution in [-0.2, 0) is 21.2 Å². The van der Waals surface area contributed by atoms with Crippen LogP contribution >= 0.6 is 10.7 Å². The van der Waals surface area contributed by atoms with Crippen LogP contribution < -0.4 is 10.1 Å². The van der Waals surface area contributed by atoms with Gasteiger partial charge in [-0.05, 0) is 61.5 Å². The number of rotatable bonds is 15. The van der Waals surface area contributed by atoms with Gasteiger partial charge in [0, 0.05) is 44.2 Å². The first kappa shape index (κ1) is 35.2. The highest BCUT2D eigenvalue weighted by Gasteiger charge is 2.32. The molecule has 3 rings (SSSR count). The molecule has 1 amide bonds. The van der Waals surface area contributed by atoms with Crippen molar-refractivity contribution >= 4 is 32.0 Å². The fourth-order valence-corrected chi connectivity index (χ4v) is 8.94. The predicted molar refractivity (Wildman–Crippen MR) is 177 cm³/mol. The Labute approximate surface area is 261 Å². The first-order valence-corrected chi connectivity index (χ1v) is 17.9. The Hall–Kier alpha value is -2.28. The van der Waals surface area contributed by atoms with Gasteiger partial charge in [0.1, 0.15) is 5.75 Å². The van der Waals surface area contributed by atoms with E-state index in [0.29, 0.717) is 45.1 Å². The second-order valence-electron chi connectivity index (χ2n) is 11.7. The van der Waals surface area contributed by atoms with Crippen molar-refractivity contribution in [3.63, 3.8) is 0 Å². The van der Waals surface area contributed by atoms with Crippen LogP contribution in [0.2, 0.25) is 0 Å². The van der Waals surface area contributed by atoms with E-state index in [4.69, 9.17) is 4.74 Å². The van der Waals surface area contributed by atoms with Gasteiger partial charge in [-0.2, -0.15) is 4.31 Å². The van der Waals surface area contributed by atoms with Crippen LogP contribution in [0.25, 0.3) is 0 Å². The highest BCUT2D eigenvalue weighted by molar-refractivity contribution is 8.13. The first-order chi connectivity index (χ1) is 20.4. The number of sulfonamides is 1. The van der Waals surface area contributed by atoms with Crippen LogP contribution in [0.15, 0.2) is 59.5 Å². The minimum Gasteiger partial charge on any atom is -0.497 e. The molecule has 2 aromatic rings. The van der Waals surface area contributed by atoms with E-state index in [9.17, 15) is 18.3 Å². The third kappa shape index (κ3) is 10.7. The summed E-state index contributed by atoms with van der Waals surface area (Å²) in [6.07, 6.45) is -0.467. The van der Waals surface area contributed by atoms with E-state index < -0.39 is 38.8 Å². The van der Waals surface area contributed by atoms with Crippen molar-refractivity contribution in [3.05, 3.63) is 60.2 Å². The van der Waals surface area contributed by atoms with Gasteiger partial charge in [0.2, 0.25) is 15.9 Å². The van der Waals surface area contributed by atoms with E-state index in [0.717, 1.165) is 22.8 Å². The summed E-state index contributed by atoms with van der Waals surface area (Å²) in [5, 5.41) is 16.9. The number of methoxy groups -OCH3 is 1. The van der Waals surface area contributed by atoms with Gasteiger partial charge in [-0.1, -0.05) is 61.8 Å². The molecule has 0 radical (unpaired) electrons. The van der Waals surface area contributed by atoms with Crippen LogP contribution in [0.3, 0.4) is 0 Å². The van der Waals surface area contributed by atoms with Crippen molar-refractivity contribution in [3.8, 4) is 5.75 Å². The number of likely N-dealkylation sites (N-methyl/N-ethyl adjacent to an activating group) is 1. The number of benzene rings is 2. The zero-order chi connectivity index (χ0) is 31.6. The number of nitrogens with one attached hydrogen (secondary N) is 1. The maximum atomic E-state index is 13.5.